The number of rotatable bonds is 5. The molecule has 0 fully saturated rings. The average molecular weight is 702 g/mol. The number of aromatic nitrogens is 1. The van der Waals surface area contributed by atoms with E-state index in [2.05, 4.69) is 93.6 Å². The molecule has 2 aromatic heterocycles. The second kappa shape index (κ2) is 12.0. The van der Waals surface area contributed by atoms with E-state index in [1.165, 1.54) is 4.78 Å². The van der Waals surface area contributed by atoms with Crippen LogP contribution in [0.1, 0.15) is 8.22 Å². The molecule has 11 rings (SSSR count). The number of thiophene rings is 1. The predicted octanol–water partition coefficient (Wildman–Crippen LogP) is 11.0. The van der Waals surface area contributed by atoms with Crippen molar-refractivity contribution >= 4 is 88.9 Å². The number of anilines is 6. The standard InChI is InChI=1S/C47H30BN3OS/c1-3-13-32(14-4-1)50(33-15-5-2-6-16-33)34-24-26-35(27-25-34)51-41-29-31(36-18-11-21-40-37(36)19-12-28-49-40)30-43-45(41)48(39-20-8-9-22-42(39)52-43)47-46(51)38-17-7-10-23-44(38)53-47/h1-30H/i11D,12D,18D,19D,21D,28D. The van der Waals surface area contributed by atoms with Crippen LogP contribution in [-0.2, 0) is 0 Å². The number of fused-ring (bicyclic) bond motifs is 7. The molecule has 248 valence electrons. The summed E-state index contributed by atoms with van der Waals surface area (Å²) in [5, 5.41) is 1.18. The van der Waals surface area contributed by atoms with E-state index >= 15 is 0 Å². The molecule has 0 bridgehead atoms. The monoisotopic (exact) mass is 701 g/mol. The molecule has 0 atom stereocenters. The maximum absolute atomic E-state index is 9.25. The summed E-state index contributed by atoms with van der Waals surface area (Å²) in [5.41, 5.74) is 8.38. The van der Waals surface area contributed by atoms with Crippen molar-refractivity contribution in [1.29, 1.82) is 0 Å². The van der Waals surface area contributed by atoms with Crippen LogP contribution in [0.15, 0.2) is 182 Å². The molecule has 2 aliphatic rings. The minimum atomic E-state index is -0.452. The summed E-state index contributed by atoms with van der Waals surface area (Å²) in [6.45, 7) is -0.178. The van der Waals surface area contributed by atoms with Crippen molar-refractivity contribution in [3.05, 3.63) is 182 Å². The molecule has 7 aromatic carbocycles. The molecule has 0 aliphatic carbocycles. The molecule has 0 spiro atoms. The number of benzene rings is 7. The molecule has 0 unspecified atom stereocenters. The van der Waals surface area contributed by atoms with E-state index in [0.717, 1.165) is 55.1 Å². The van der Waals surface area contributed by atoms with Gasteiger partial charge in [0, 0.05) is 54.9 Å². The summed E-state index contributed by atoms with van der Waals surface area (Å²) in [5.74, 6) is 1.28. The number of pyridine rings is 1. The van der Waals surface area contributed by atoms with Crippen LogP contribution in [0.2, 0.25) is 0 Å². The van der Waals surface area contributed by atoms with Crippen LogP contribution in [-0.4, -0.2) is 11.7 Å². The molecule has 0 radical (unpaired) electrons. The van der Waals surface area contributed by atoms with Crippen molar-refractivity contribution in [2.45, 2.75) is 0 Å². The maximum Gasteiger partial charge on any atom is 0.268 e. The minimum absolute atomic E-state index is 0.0533. The quantitative estimate of drug-likeness (QED) is 0.167. The zero-order valence-electron chi connectivity index (χ0n) is 34.1. The maximum atomic E-state index is 9.25. The van der Waals surface area contributed by atoms with E-state index in [9.17, 15) is 1.37 Å². The number of hydrogen-bond donors (Lipinski definition) is 0. The van der Waals surface area contributed by atoms with Gasteiger partial charge in [-0.1, -0.05) is 90.9 Å². The lowest BCUT2D eigenvalue weighted by atomic mass is 9.37. The normalized spacial score (nSPS) is 14.2. The Bertz CT molecular complexity index is 3140. The van der Waals surface area contributed by atoms with Gasteiger partial charge in [-0.05, 0) is 107 Å². The van der Waals surface area contributed by atoms with Crippen molar-refractivity contribution in [1.82, 2.24) is 4.98 Å². The second-order valence-corrected chi connectivity index (χ2v) is 14.2. The van der Waals surface area contributed by atoms with E-state index in [0.29, 0.717) is 17.1 Å². The third-order valence-electron chi connectivity index (χ3n) is 10.1. The lowest BCUT2D eigenvalue weighted by Gasteiger charge is -2.39. The Morgan fingerprint density at radius 3 is 2.19 bits per heavy atom. The van der Waals surface area contributed by atoms with Gasteiger partial charge in [-0.3, -0.25) is 4.98 Å². The molecule has 4 nitrogen and oxygen atoms in total. The first kappa shape index (κ1) is 24.5. The Morgan fingerprint density at radius 2 is 1.38 bits per heavy atom. The van der Waals surface area contributed by atoms with E-state index in [1.807, 2.05) is 66.7 Å². The fraction of sp³-hybridized carbons (Fsp3) is 0. The summed E-state index contributed by atoms with van der Waals surface area (Å²) >= 11 is 1.76. The first-order chi connectivity index (χ1) is 28.8. The average Bonchev–Trinajstić information content (AvgIpc) is 3.65. The third kappa shape index (κ3) is 4.73. The molecule has 0 amide bonds. The highest BCUT2D eigenvalue weighted by molar-refractivity contribution is 7.33. The van der Waals surface area contributed by atoms with Crippen molar-refractivity contribution < 1.29 is 13.0 Å². The van der Waals surface area contributed by atoms with Gasteiger partial charge in [0.1, 0.15) is 11.5 Å². The first-order valence-electron chi connectivity index (χ1n) is 20.4. The summed E-state index contributed by atoms with van der Waals surface area (Å²) < 4.78 is 61.7. The summed E-state index contributed by atoms with van der Waals surface area (Å²) in [6, 6.07) is 47.7. The summed E-state index contributed by atoms with van der Waals surface area (Å²) in [4.78, 5) is 8.70. The van der Waals surface area contributed by atoms with Crippen LogP contribution < -0.4 is 30.2 Å². The zero-order valence-corrected chi connectivity index (χ0v) is 28.9. The minimum Gasteiger partial charge on any atom is -0.458 e. The van der Waals surface area contributed by atoms with Crippen molar-refractivity contribution in [2.75, 3.05) is 9.80 Å². The third-order valence-corrected chi connectivity index (χ3v) is 11.4. The molecule has 4 heterocycles. The first-order valence-corrected chi connectivity index (χ1v) is 18.2. The zero-order chi connectivity index (χ0) is 40.1. The van der Waals surface area contributed by atoms with E-state index in [-0.39, 0.29) is 47.3 Å². The smallest absolute Gasteiger partial charge is 0.268 e. The highest BCUT2D eigenvalue weighted by atomic mass is 32.1. The van der Waals surface area contributed by atoms with Gasteiger partial charge in [0.25, 0.3) is 6.71 Å². The Hall–Kier alpha value is -6.63. The predicted molar refractivity (Wildman–Crippen MR) is 223 cm³/mol. The molecule has 0 N–H and O–H groups in total. The molecule has 2 aliphatic heterocycles. The Labute approximate surface area is 320 Å². The van der Waals surface area contributed by atoms with Gasteiger partial charge in [-0.15, -0.1) is 11.3 Å². The van der Waals surface area contributed by atoms with Gasteiger partial charge < -0.3 is 14.5 Å². The lowest BCUT2D eigenvalue weighted by molar-refractivity contribution is 0.488. The van der Waals surface area contributed by atoms with Crippen LogP contribution in [0, 0.1) is 0 Å². The van der Waals surface area contributed by atoms with Crippen LogP contribution in [0.25, 0.3) is 32.1 Å². The number of hydrogen-bond acceptors (Lipinski definition) is 5. The largest absolute Gasteiger partial charge is 0.458 e. The van der Waals surface area contributed by atoms with Crippen molar-refractivity contribution in [2.24, 2.45) is 0 Å². The molecule has 53 heavy (non-hydrogen) atoms. The van der Waals surface area contributed by atoms with Gasteiger partial charge in [-0.25, -0.2) is 0 Å². The Balaban J connectivity index is 1.20. The van der Waals surface area contributed by atoms with Crippen LogP contribution in [0.5, 0.6) is 11.5 Å². The van der Waals surface area contributed by atoms with Crippen molar-refractivity contribution in [3.63, 3.8) is 0 Å². The Kier molecular flexibility index (Phi) is 5.55. The summed E-state index contributed by atoms with van der Waals surface area (Å²) in [6.07, 6.45) is -0.452. The fourth-order valence-electron chi connectivity index (χ4n) is 7.88. The number of para-hydroxylation sites is 3. The van der Waals surface area contributed by atoms with Crippen molar-refractivity contribution in [3.8, 4) is 22.6 Å². The van der Waals surface area contributed by atoms with Gasteiger partial charge in [0.05, 0.1) is 19.4 Å². The van der Waals surface area contributed by atoms with E-state index in [1.54, 1.807) is 11.3 Å². The van der Waals surface area contributed by atoms with E-state index in [4.69, 9.17) is 11.6 Å². The fourth-order valence-corrected chi connectivity index (χ4v) is 9.20. The highest BCUT2D eigenvalue weighted by Crippen LogP contribution is 2.48. The lowest BCUT2D eigenvalue weighted by Crippen LogP contribution is -2.58. The van der Waals surface area contributed by atoms with Gasteiger partial charge in [-0.2, -0.15) is 0 Å². The molecule has 6 heteroatoms. The SMILES string of the molecule is [2H]c1nc2c([2H])c([2H])c([2H])c(-c3cc4c5c(c3)N(c3ccc(N(c6ccccc6)c6ccccc6)cc3)c3c(sc6ccccc36)B5c3ccccc3O4)c2c([2H])c1[2H]. The second-order valence-electron chi connectivity index (χ2n) is 13.1. The number of ether oxygens (including phenoxy) is 1. The highest BCUT2D eigenvalue weighted by Gasteiger charge is 2.44. The topological polar surface area (TPSA) is 28.6 Å². The van der Waals surface area contributed by atoms with E-state index < -0.39 is 12.2 Å². The molecular formula is C47H30BN3OS. The number of nitrogens with zero attached hydrogens (tertiary/aromatic N) is 3. The molecule has 0 saturated carbocycles. The van der Waals surface area contributed by atoms with Crippen LogP contribution >= 0.6 is 11.3 Å². The summed E-state index contributed by atoms with van der Waals surface area (Å²) in [7, 11) is 0. The van der Waals surface area contributed by atoms with Gasteiger partial charge >= 0.3 is 0 Å². The van der Waals surface area contributed by atoms with Crippen LogP contribution in [0.4, 0.5) is 34.1 Å². The van der Waals surface area contributed by atoms with Gasteiger partial charge in [0.2, 0.25) is 0 Å². The molecule has 0 saturated heterocycles. The van der Waals surface area contributed by atoms with Gasteiger partial charge in [0.15, 0.2) is 0 Å². The Morgan fingerprint density at radius 1 is 0.660 bits per heavy atom. The van der Waals surface area contributed by atoms with Crippen LogP contribution in [0.3, 0.4) is 0 Å². The molecular weight excluding hydrogens is 665 g/mol. The molecule has 9 aromatic rings.